The van der Waals surface area contributed by atoms with E-state index in [1.165, 1.54) is 16.0 Å². The van der Waals surface area contributed by atoms with E-state index >= 15 is 0 Å². The highest BCUT2D eigenvalue weighted by molar-refractivity contribution is 9.10. The number of halogens is 1. The lowest BCUT2D eigenvalue weighted by molar-refractivity contribution is 0.300. The van der Waals surface area contributed by atoms with Crippen LogP contribution in [0, 0.1) is 0 Å². The SMILES string of the molecule is CCc1ccc(OCc2sccc2Br)c(C(C)(C)C)c1. The van der Waals surface area contributed by atoms with Crippen molar-refractivity contribution in [3.8, 4) is 5.75 Å². The van der Waals surface area contributed by atoms with Gasteiger partial charge in [-0.25, -0.2) is 0 Å². The molecule has 0 atom stereocenters. The summed E-state index contributed by atoms with van der Waals surface area (Å²) in [4.78, 5) is 1.23. The highest BCUT2D eigenvalue weighted by Gasteiger charge is 2.19. The fourth-order valence-corrected chi connectivity index (χ4v) is 3.46. The number of benzene rings is 1. The zero-order valence-electron chi connectivity index (χ0n) is 12.5. The van der Waals surface area contributed by atoms with Gasteiger partial charge in [0.25, 0.3) is 0 Å². The zero-order valence-corrected chi connectivity index (χ0v) is 14.9. The van der Waals surface area contributed by atoms with E-state index in [4.69, 9.17) is 4.74 Å². The molecular weight excluding hydrogens is 332 g/mol. The van der Waals surface area contributed by atoms with Gasteiger partial charge in [0.1, 0.15) is 12.4 Å². The quantitative estimate of drug-likeness (QED) is 0.660. The molecule has 1 nitrogen and oxygen atoms in total. The molecule has 0 aliphatic carbocycles. The van der Waals surface area contributed by atoms with E-state index in [0.717, 1.165) is 16.6 Å². The molecular formula is C17H21BrOS. The van der Waals surface area contributed by atoms with Gasteiger partial charge in [0.05, 0.1) is 4.88 Å². The first-order valence-corrected chi connectivity index (χ1v) is 8.57. The summed E-state index contributed by atoms with van der Waals surface area (Å²) < 4.78 is 7.20. The van der Waals surface area contributed by atoms with Crippen LogP contribution in [0.25, 0.3) is 0 Å². The van der Waals surface area contributed by atoms with Crippen LogP contribution in [0.3, 0.4) is 0 Å². The maximum atomic E-state index is 6.07. The van der Waals surface area contributed by atoms with Crippen molar-refractivity contribution < 1.29 is 4.74 Å². The number of rotatable bonds is 4. The maximum Gasteiger partial charge on any atom is 0.124 e. The van der Waals surface area contributed by atoms with E-state index in [-0.39, 0.29) is 5.41 Å². The van der Waals surface area contributed by atoms with Gasteiger partial charge in [-0.1, -0.05) is 39.8 Å². The minimum absolute atomic E-state index is 0.0905. The predicted molar refractivity (Wildman–Crippen MR) is 90.9 cm³/mol. The summed E-state index contributed by atoms with van der Waals surface area (Å²) in [6.45, 7) is 9.50. The van der Waals surface area contributed by atoms with Gasteiger partial charge >= 0.3 is 0 Å². The third kappa shape index (κ3) is 3.64. The number of ether oxygens (including phenoxy) is 1. The molecule has 0 spiro atoms. The second-order valence-electron chi connectivity index (χ2n) is 5.91. The summed E-state index contributed by atoms with van der Waals surface area (Å²) in [5.41, 5.74) is 2.73. The lowest BCUT2D eigenvalue weighted by Gasteiger charge is -2.23. The molecule has 3 heteroatoms. The van der Waals surface area contributed by atoms with E-state index in [2.05, 4.69) is 73.3 Å². The highest BCUT2D eigenvalue weighted by Crippen LogP contribution is 2.33. The van der Waals surface area contributed by atoms with Crippen LogP contribution in [-0.2, 0) is 18.4 Å². The summed E-state index contributed by atoms with van der Waals surface area (Å²) in [6, 6.07) is 8.61. The maximum absolute atomic E-state index is 6.07. The topological polar surface area (TPSA) is 9.23 Å². The molecule has 108 valence electrons. The van der Waals surface area contributed by atoms with Crippen LogP contribution in [0.4, 0.5) is 0 Å². The second kappa shape index (κ2) is 6.31. The van der Waals surface area contributed by atoms with Crippen molar-refractivity contribution >= 4 is 27.3 Å². The molecule has 1 aromatic heterocycles. The van der Waals surface area contributed by atoms with Crippen LogP contribution in [0.2, 0.25) is 0 Å². The Morgan fingerprint density at radius 3 is 2.50 bits per heavy atom. The Morgan fingerprint density at radius 1 is 1.20 bits per heavy atom. The normalized spacial score (nSPS) is 11.7. The van der Waals surface area contributed by atoms with Crippen molar-refractivity contribution in [3.05, 3.63) is 50.1 Å². The van der Waals surface area contributed by atoms with E-state index in [1.807, 2.05) is 0 Å². The van der Waals surface area contributed by atoms with Gasteiger partial charge in [0, 0.05) is 4.47 Å². The lowest BCUT2D eigenvalue weighted by Crippen LogP contribution is -2.14. The molecule has 0 radical (unpaired) electrons. The van der Waals surface area contributed by atoms with Gasteiger partial charge in [-0.15, -0.1) is 11.3 Å². The molecule has 0 amide bonds. The third-order valence-electron chi connectivity index (χ3n) is 3.31. The van der Waals surface area contributed by atoms with Crippen molar-refractivity contribution in [3.63, 3.8) is 0 Å². The Hall–Kier alpha value is -0.800. The average molecular weight is 353 g/mol. The molecule has 2 aromatic rings. The standard InChI is InChI=1S/C17H21BrOS/c1-5-12-6-7-15(13(10-12)17(2,3)4)19-11-16-14(18)8-9-20-16/h6-10H,5,11H2,1-4H3. The molecule has 0 unspecified atom stereocenters. The molecule has 1 heterocycles. The third-order valence-corrected chi connectivity index (χ3v) is 5.21. The van der Waals surface area contributed by atoms with Crippen molar-refractivity contribution in [1.82, 2.24) is 0 Å². The van der Waals surface area contributed by atoms with E-state index in [9.17, 15) is 0 Å². The van der Waals surface area contributed by atoms with Gasteiger partial charge in [-0.2, -0.15) is 0 Å². The summed E-state index contributed by atoms with van der Waals surface area (Å²) in [5.74, 6) is 0.995. The van der Waals surface area contributed by atoms with Gasteiger partial charge < -0.3 is 4.74 Å². The Morgan fingerprint density at radius 2 is 1.95 bits per heavy atom. The molecule has 0 saturated carbocycles. The van der Waals surface area contributed by atoms with Crippen LogP contribution in [0.15, 0.2) is 34.1 Å². The molecule has 0 N–H and O–H groups in total. The van der Waals surface area contributed by atoms with Gasteiger partial charge in [-0.05, 0) is 56.4 Å². The number of hydrogen-bond acceptors (Lipinski definition) is 2. The van der Waals surface area contributed by atoms with Crippen LogP contribution in [-0.4, -0.2) is 0 Å². The monoisotopic (exact) mass is 352 g/mol. The molecule has 1 aromatic carbocycles. The molecule has 0 bridgehead atoms. The molecule has 2 rings (SSSR count). The van der Waals surface area contributed by atoms with Crippen molar-refractivity contribution in [1.29, 1.82) is 0 Å². The van der Waals surface area contributed by atoms with Crippen molar-refractivity contribution in [2.75, 3.05) is 0 Å². The summed E-state index contributed by atoms with van der Waals surface area (Å²) in [6.07, 6.45) is 1.06. The summed E-state index contributed by atoms with van der Waals surface area (Å²) in [5, 5.41) is 2.08. The lowest BCUT2D eigenvalue weighted by atomic mass is 9.85. The number of thiophene rings is 1. The van der Waals surface area contributed by atoms with Gasteiger partial charge in [-0.3, -0.25) is 0 Å². The molecule has 0 saturated heterocycles. The zero-order chi connectivity index (χ0) is 14.8. The summed E-state index contributed by atoms with van der Waals surface area (Å²) in [7, 11) is 0. The fraction of sp³-hybridized carbons (Fsp3) is 0.412. The smallest absolute Gasteiger partial charge is 0.124 e. The molecule has 0 aliphatic heterocycles. The van der Waals surface area contributed by atoms with E-state index in [1.54, 1.807) is 11.3 Å². The first-order chi connectivity index (χ1) is 9.41. The summed E-state index contributed by atoms with van der Waals surface area (Å²) >= 11 is 5.27. The first kappa shape index (κ1) is 15.6. The molecule has 20 heavy (non-hydrogen) atoms. The van der Waals surface area contributed by atoms with Crippen LogP contribution < -0.4 is 4.74 Å². The number of aryl methyl sites for hydroxylation is 1. The molecule has 0 fully saturated rings. The molecule has 0 aliphatic rings. The Bertz CT molecular complexity index is 581. The minimum atomic E-state index is 0.0905. The number of hydrogen-bond donors (Lipinski definition) is 0. The second-order valence-corrected chi connectivity index (χ2v) is 7.77. The minimum Gasteiger partial charge on any atom is -0.488 e. The first-order valence-electron chi connectivity index (χ1n) is 6.90. The Labute approximate surface area is 134 Å². The average Bonchev–Trinajstić information content (AvgIpc) is 2.80. The fourth-order valence-electron chi connectivity index (χ4n) is 2.08. The Balaban J connectivity index is 2.25. The van der Waals surface area contributed by atoms with E-state index < -0.39 is 0 Å². The highest BCUT2D eigenvalue weighted by atomic mass is 79.9. The predicted octanol–water partition coefficient (Wildman–Crippen LogP) is 5.95. The van der Waals surface area contributed by atoms with Crippen LogP contribution in [0.1, 0.15) is 43.7 Å². The Kier molecular flexibility index (Phi) is 4.92. The van der Waals surface area contributed by atoms with Crippen molar-refractivity contribution in [2.24, 2.45) is 0 Å². The largest absolute Gasteiger partial charge is 0.488 e. The van der Waals surface area contributed by atoms with Gasteiger partial charge in [0.2, 0.25) is 0 Å². The van der Waals surface area contributed by atoms with Crippen LogP contribution >= 0.6 is 27.3 Å². The van der Waals surface area contributed by atoms with Gasteiger partial charge in [0.15, 0.2) is 0 Å². The van der Waals surface area contributed by atoms with Crippen molar-refractivity contribution in [2.45, 2.75) is 46.1 Å². The van der Waals surface area contributed by atoms with E-state index in [0.29, 0.717) is 6.61 Å². The van der Waals surface area contributed by atoms with Crippen LogP contribution in [0.5, 0.6) is 5.75 Å².